The number of hydrogen-bond acceptors (Lipinski definition) is 4. The Hall–Kier alpha value is -2.42. The third-order valence-electron chi connectivity index (χ3n) is 5.82. The summed E-state index contributed by atoms with van der Waals surface area (Å²) >= 11 is 0. The average Bonchev–Trinajstić information content (AvgIpc) is 2.79. The highest BCUT2D eigenvalue weighted by atomic mass is 32.2. The number of piperidine rings is 1. The van der Waals surface area contributed by atoms with Crippen LogP contribution in [0.5, 0.6) is 5.75 Å². The molecule has 7 nitrogen and oxygen atoms in total. The number of benzene rings is 2. The fraction of sp³-hybridized carbons (Fsp3) is 0.435. The van der Waals surface area contributed by atoms with E-state index in [1.807, 2.05) is 49.4 Å². The molecular weight excluding hydrogens is 414 g/mol. The number of anilines is 1. The molecule has 8 heteroatoms. The maximum absolute atomic E-state index is 13.0. The number of nitrogens with one attached hydrogen (secondary N) is 2. The van der Waals surface area contributed by atoms with Gasteiger partial charge in [-0.25, -0.2) is 4.72 Å². The quantitative estimate of drug-likeness (QED) is 0.620. The van der Waals surface area contributed by atoms with Crippen molar-refractivity contribution in [3.05, 3.63) is 60.2 Å². The van der Waals surface area contributed by atoms with E-state index in [0.717, 1.165) is 12.0 Å². The van der Waals surface area contributed by atoms with Gasteiger partial charge in [0.25, 0.3) is 10.2 Å². The van der Waals surface area contributed by atoms with Crippen LogP contribution in [0.4, 0.5) is 5.69 Å². The van der Waals surface area contributed by atoms with Gasteiger partial charge in [0.05, 0.1) is 12.8 Å². The Kier molecular flexibility index (Phi) is 7.69. The molecule has 0 saturated carbocycles. The van der Waals surface area contributed by atoms with Crippen molar-refractivity contribution in [1.29, 1.82) is 0 Å². The molecule has 1 aliphatic heterocycles. The Morgan fingerprint density at radius 1 is 1.06 bits per heavy atom. The van der Waals surface area contributed by atoms with Gasteiger partial charge < -0.3 is 10.1 Å². The molecule has 1 saturated heterocycles. The summed E-state index contributed by atoms with van der Waals surface area (Å²) in [7, 11) is -1.93. The Bertz CT molecular complexity index is 971. The SMILES string of the molecule is CCCNS(=O)(=O)N1CCC(CC(=O)Nc2ccccc2OC)(c2ccccc2)CC1. The van der Waals surface area contributed by atoms with Crippen LogP contribution in [0.1, 0.15) is 38.2 Å². The normalized spacial score (nSPS) is 16.6. The molecule has 2 aromatic carbocycles. The van der Waals surface area contributed by atoms with Gasteiger partial charge in [0.1, 0.15) is 5.75 Å². The van der Waals surface area contributed by atoms with Crippen LogP contribution in [-0.4, -0.2) is 45.4 Å². The van der Waals surface area contributed by atoms with E-state index in [-0.39, 0.29) is 12.3 Å². The summed E-state index contributed by atoms with van der Waals surface area (Å²) in [5.41, 5.74) is 1.26. The molecule has 0 unspecified atom stereocenters. The van der Waals surface area contributed by atoms with Gasteiger partial charge >= 0.3 is 0 Å². The molecule has 1 heterocycles. The van der Waals surface area contributed by atoms with Crippen LogP contribution in [0.3, 0.4) is 0 Å². The number of hydrogen-bond donors (Lipinski definition) is 2. The van der Waals surface area contributed by atoms with Crippen molar-refractivity contribution in [1.82, 2.24) is 9.03 Å². The first-order chi connectivity index (χ1) is 14.9. The zero-order valence-electron chi connectivity index (χ0n) is 18.1. The van der Waals surface area contributed by atoms with Gasteiger partial charge in [-0.2, -0.15) is 12.7 Å². The zero-order valence-corrected chi connectivity index (χ0v) is 19.0. The summed E-state index contributed by atoms with van der Waals surface area (Å²) in [4.78, 5) is 13.0. The molecule has 0 atom stereocenters. The minimum atomic E-state index is -3.50. The molecule has 2 N–H and O–H groups in total. The molecular formula is C23H31N3O4S. The van der Waals surface area contributed by atoms with Gasteiger partial charge in [-0.15, -0.1) is 0 Å². The summed E-state index contributed by atoms with van der Waals surface area (Å²) in [5.74, 6) is 0.487. The Balaban J connectivity index is 1.78. The lowest BCUT2D eigenvalue weighted by Gasteiger charge is -2.41. The number of rotatable bonds is 9. The fourth-order valence-corrected chi connectivity index (χ4v) is 5.39. The summed E-state index contributed by atoms with van der Waals surface area (Å²) in [5, 5.41) is 2.96. The van der Waals surface area contributed by atoms with Crippen molar-refractivity contribution in [2.45, 2.75) is 38.0 Å². The van der Waals surface area contributed by atoms with Crippen LogP contribution in [0.2, 0.25) is 0 Å². The van der Waals surface area contributed by atoms with Crippen molar-refractivity contribution < 1.29 is 17.9 Å². The second kappa shape index (κ2) is 10.3. The second-order valence-corrected chi connectivity index (χ2v) is 9.63. The smallest absolute Gasteiger partial charge is 0.279 e. The van der Waals surface area contributed by atoms with E-state index in [0.29, 0.717) is 43.9 Å². The van der Waals surface area contributed by atoms with Crippen molar-refractivity contribution in [3.63, 3.8) is 0 Å². The average molecular weight is 446 g/mol. The molecule has 31 heavy (non-hydrogen) atoms. The minimum absolute atomic E-state index is 0.117. The maximum atomic E-state index is 13.0. The van der Waals surface area contributed by atoms with Crippen LogP contribution in [0.15, 0.2) is 54.6 Å². The molecule has 0 bridgehead atoms. The monoisotopic (exact) mass is 445 g/mol. The van der Waals surface area contributed by atoms with Crippen LogP contribution in [0.25, 0.3) is 0 Å². The number of methoxy groups -OCH3 is 1. The fourth-order valence-electron chi connectivity index (χ4n) is 4.09. The molecule has 3 rings (SSSR count). The number of ether oxygens (including phenoxy) is 1. The lowest BCUT2D eigenvalue weighted by atomic mass is 9.70. The number of carbonyl (C=O) groups is 1. The number of amides is 1. The highest BCUT2D eigenvalue weighted by Crippen LogP contribution is 2.39. The van der Waals surface area contributed by atoms with Crippen LogP contribution >= 0.6 is 0 Å². The van der Waals surface area contributed by atoms with E-state index >= 15 is 0 Å². The van der Waals surface area contributed by atoms with Gasteiger partial charge in [0, 0.05) is 31.5 Å². The van der Waals surface area contributed by atoms with E-state index < -0.39 is 15.6 Å². The summed E-state index contributed by atoms with van der Waals surface area (Å²) < 4.78 is 34.6. The molecule has 168 valence electrons. The zero-order chi connectivity index (χ0) is 22.3. The largest absolute Gasteiger partial charge is 0.495 e. The molecule has 1 aliphatic rings. The third-order valence-corrected chi connectivity index (χ3v) is 7.43. The Labute approximate surface area is 185 Å². The topological polar surface area (TPSA) is 87.7 Å². The molecule has 0 radical (unpaired) electrons. The van der Waals surface area contributed by atoms with E-state index in [4.69, 9.17) is 4.74 Å². The first-order valence-corrected chi connectivity index (χ1v) is 12.1. The van der Waals surface area contributed by atoms with Gasteiger partial charge in [-0.3, -0.25) is 4.79 Å². The number of carbonyl (C=O) groups excluding carboxylic acids is 1. The molecule has 1 amide bonds. The van der Waals surface area contributed by atoms with Crippen LogP contribution in [0, 0.1) is 0 Å². The Morgan fingerprint density at radius 3 is 2.35 bits per heavy atom. The highest BCUT2D eigenvalue weighted by molar-refractivity contribution is 7.87. The molecule has 0 aromatic heterocycles. The lowest BCUT2D eigenvalue weighted by molar-refractivity contribution is -0.117. The lowest BCUT2D eigenvalue weighted by Crippen LogP contribution is -2.50. The second-order valence-electron chi connectivity index (χ2n) is 7.87. The third kappa shape index (κ3) is 5.64. The Morgan fingerprint density at radius 2 is 1.71 bits per heavy atom. The summed E-state index contributed by atoms with van der Waals surface area (Å²) in [6.07, 6.45) is 2.16. The first-order valence-electron chi connectivity index (χ1n) is 10.6. The molecule has 1 fully saturated rings. The first kappa shape index (κ1) is 23.2. The standard InChI is InChI=1S/C23H31N3O4S/c1-3-15-24-31(28,29)26-16-13-23(14-17-26,19-9-5-4-6-10-19)18-22(27)25-20-11-7-8-12-21(20)30-2/h4-12,24H,3,13-18H2,1-2H3,(H,25,27). The maximum Gasteiger partial charge on any atom is 0.279 e. The minimum Gasteiger partial charge on any atom is -0.495 e. The van der Waals surface area contributed by atoms with Crippen molar-refractivity contribution >= 4 is 21.8 Å². The molecule has 0 spiro atoms. The summed E-state index contributed by atoms with van der Waals surface area (Å²) in [6.45, 7) is 3.09. The number of nitrogens with zero attached hydrogens (tertiary/aromatic N) is 1. The van der Waals surface area contributed by atoms with Crippen LogP contribution in [-0.2, 0) is 20.4 Å². The van der Waals surface area contributed by atoms with Crippen LogP contribution < -0.4 is 14.8 Å². The van der Waals surface area contributed by atoms with E-state index in [1.54, 1.807) is 19.2 Å². The van der Waals surface area contributed by atoms with E-state index in [2.05, 4.69) is 10.0 Å². The molecule has 2 aromatic rings. The summed E-state index contributed by atoms with van der Waals surface area (Å²) in [6, 6.07) is 17.2. The highest BCUT2D eigenvalue weighted by Gasteiger charge is 2.40. The predicted molar refractivity (Wildman–Crippen MR) is 122 cm³/mol. The van der Waals surface area contributed by atoms with E-state index in [9.17, 15) is 13.2 Å². The van der Waals surface area contributed by atoms with E-state index in [1.165, 1.54) is 4.31 Å². The van der Waals surface area contributed by atoms with Gasteiger partial charge in [0.15, 0.2) is 0 Å². The van der Waals surface area contributed by atoms with Gasteiger partial charge in [-0.1, -0.05) is 49.4 Å². The van der Waals surface area contributed by atoms with Gasteiger partial charge in [-0.05, 0) is 37.0 Å². The van der Waals surface area contributed by atoms with Gasteiger partial charge in [0.2, 0.25) is 5.91 Å². The van der Waals surface area contributed by atoms with Crippen molar-refractivity contribution in [2.75, 3.05) is 32.1 Å². The molecule has 0 aliphatic carbocycles. The van der Waals surface area contributed by atoms with Crippen molar-refractivity contribution in [2.24, 2.45) is 0 Å². The van der Waals surface area contributed by atoms with Crippen molar-refractivity contribution in [3.8, 4) is 5.75 Å². The predicted octanol–water partition coefficient (Wildman–Crippen LogP) is 3.30. The number of para-hydroxylation sites is 2.